The summed E-state index contributed by atoms with van der Waals surface area (Å²) in [5, 5.41) is 3.45. The SMILES string of the molecule is CC[C@@H](C(=O)NCC(C)C)N(Cc1ccc(Cl)cc1)C(=O)CN(c1cc(OC)ccc1OC)S(=O)(=O)c1ccccc1. The topological polar surface area (TPSA) is 105 Å². The molecule has 226 valence electrons. The molecule has 0 saturated carbocycles. The molecule has 0 aliphatic heterocycles. The summed E-state index contributed by atoms with van der Waals surface area (Å²) in [4.78, 5) is 29.0. The van der Waals surface area contributed by atoms with Gasteiger partial charge in [-0.3, -0.25) is 13.9 Å². The molecule has 1 N–H and O–H groups in total. The molecule has 0 aromatic heterocycles. The van der Waals surface area contributed by atoms with Crippen LogP contribution in [-0.2, 0) is 26.2 Å². The minimum Gasteiger partial charge on any atom is -0.497 e. The highest BCUT2D eigenvalue weighted by atomic mass is 35.5. The molecule has 0 radical (unpaired) electrons. The third-order valence-corrected chi connectivity index (χ3v) is 8.63. The van der Waals surface area contributed by atoms with Crippen molar-refractivity contribution in [3.63, 3.8) is 0 Å². The predicted molar refractivity (Wildman–Crippen MR) is 164 cm³/mol. The number of ether oxygens (including phenoxy) is 2. The molecule has 3 aromatic carbocycles. The average molecular weight is 616 g/mol. The summed E-state index contributed by atoms with van der Waals surface area (Å²) < 4.78 is 40.0. The minimum atomic E-state index is -4.26. The average Bonchev–Trinajstić information content (AvgIpc) is 2.99. The van der Waals surface area contributed by atoms with E-state index in [0.717, 1.165) is 9.87 Å². The molecule has 0 fully saturated rings. The maximum atomic E-state index is 14.2. The van der Waals surface area contributed by atoms with Gasteiger partial charge in [0.2, 0.25) is 11.8 Å². The van der Waals surface area contributed by atoms with Crippen LogP contribution < -0.4 is 19.1 Å². The lowest BCUT2D eigenvalue weighted by Crippen LogP contribution is -2.52. The van der Waals surface area contributed by atoms with E-state index >= 15 is 0 Å². The number of nitrogens with zero attached hydrogens (tertiary/aromatic N) is 2. The standard InChI is InChI=1S/C31H38ClN3O6S/c1-6-27(31(37)33-19-22(2)3)34(20-23-12-14-24(32)15-13-23)30(36)21-35(42(38,39)26-10-8-7-9-11-26)28-18-25(40-4)16-17-29(28)41-5/h7-18,22,27H,6,19-21H2,1-5H3,(H,33,37)/t27-/m0/s1. The van der Waals surface area contributed by atoms with Crippen molar-refractivity contribution >= 4 is 39.1 Å². The maximum absolute atomic E-state index is 14.2. The number of sulfonamides is 1. The molecule has 0 saturated heterocycles. The van der Waals surface area contributed by atoms with E-state index in [-0.39, 0.29) is 34.7 Å². The Morgan fingerprint density at radius 2 is 1.62 bits per heavy atom. The zero-order chi connectivity index (χ0) is 30.9. The van der Waals surface area contributed by atoms with Crippen LogP contribution in [-0.4, -0.2) is 58.5 Å². The van der Waals surface area contributed by atoms with E-state index in [1.807, 2.05) is 20.8 Å². The highest BCUT2D eigenvalue weighted by Gasteiger charge is 2.35. The van der Waals surface area contributed by atoms with E-state index in [2.05, 4.69) is 5.32 Å². The second kappa shape index (κ2) is 14.9. The first-order valence-corrected chi connectivity index (χ1v) is 15.4. The normalized spacial score (nSPS) is 12.0. The molecular weight excluding hydrogens is 578 g/mol. The number of anilines is 1. The molecule has 3 aromatic rings. The second-order valence-electron chi connectivity index (χ2n) is 10.1. The fourth-order valence-electron chi connectivity index (χ4n) is 4.35. The maximum Gasteiger partial charge on any atom is 0.264 e. The van der Waals surface area contributed by atoms with Crippen molar-refractivity contribution in [2.45, 2.75) is 44.7 Å². The summed E-state index contributed by atoms with van der Waals surface area (Å²) in [5.41, 5.74) is 0.858. The van der Waals surface area contributed by atoms with Gasteiger partial charge >= 0.3 is 0 Å². The monoisotopic (exact) mass is 615 g/mol. The predicted octanol–water partition coefficient (Wildman–Crippen LogP) is 5.13. The molecule has 0 aliphatic carbocycles. The molecule has 11 heteroatoms. The summed E-state index contributed by atoms with van der Waals surface area (Å²) >= 11 is 6.08. The summed E-state index contributed by atoms with van der Waals surface area (Å²) in [6.45, 7) is 5.68. The van der Waals surface area contributed by atoms with E-state index in [9.17, 15) is 18.0 Å². The Hall–Kier alpha value is -3.76. The first kappa shape index (κ1) is 32.8. The zero-order valence-electron chi connectivity index (χ0n) is 24.5. The van der Waals surface area contributed by atoms with Crippen molar-refractivity contribution in [3.05, 3.63) is 83.4 Å². The van der Waals surface area contributed by atoms with Gasteiger partial charge < -0.3 is 19.7 Å². The highest BCUT2D eigenvalue weighted by molar-refractivity contribution is 7.92. The van der Waals surface area contributed by atoms with Crippen LogP contribution in [0.1, 0.15) is 32.8 Å². The Balaban J connectivity index is 2.12. The number of rotatable bonds is 14. The van der Waals surface area contributed by atoms with Crippen LogP contribution in [0.25, 0.3) is 0 Å². The zero-order valence-corrected chi connectivity index (χ0v) is 26.1. The number of hydrogen-bond donors (Lipinski definition) is 1. The van der Waals surface area contributed by atoms with Gasteiger partial charge in [0.25, 0.3) is 10.0 Å². The van der Waals surface area contributed by atoms with Crippen LogP contribution in [0.5, 0.6) is 11.5 Å². The molecule has 0 spiro atoms. The van der Waals surface area contributed by atoms with Crippen molar-refractivity contribution < 1.29 is 27.5 Å². The Kier molecular flexibility index (Phi) is 11.6. The molecule has 0 bridgehead atoms. The van der Waals surface area contributed by atoms with E-state index in [1.165, 1.54) is 37.3 Å². The van der Waals surface area contributed by atoms with Crippen LogP contribution >= 0.6 is 11.6 Å². The number of hydrogen-bond acceptors (Lipinski definition) is 6. The molecule has 2 amide bonds. The first-order chi connectivity index (χ1) is 20.0. The van der Waals surface area contributed by atoms with Crippen LogP contribution in [0.3, 0.4) is 0 Å². The third kappa shape index (κ3) is 8.17. The van der Waals surface area contributed by atoms with Gasteiger partial charge in [0.15, 0.2) is 0 Å². The number of carbonyl (C=O) groups is 2. The smallest absolute Gasteiger partial charge is 0.264 e. The molecule has 3 rings (SSSR count). The van der Waals surface area contributed by atoms with Crippen molar-refractivity contribution in [2.75, 3.05) is 31.6 Å². The Morgan fingerprint density at radius 1 is 0.952 bits per heavy atom. The van der Waals surface area contributed by atoms with Crippen LogP contribution in [0.4, 0.5) is 5.69 Å². The van der Waals surface area contributed by atoms with Gasteiger partial charge in [0.05, 0.1) is 24.8 Å². The van der Waals surface area contributed by atoms with Crippen LogP contribution in [0.15, 0.2) is 77.7 Å². The quantitative estimate of drug-likeness (QED) is 0.270. The molecule has 0 heterocycles. The molecular formula is C31H38ClN3O6S. The Labute approximate surface area is 253 Å². The number of benzene rings is 3. The lowest BCUT2D eigenvalue weighted by atomic mass is 10.1. The van der Waals surface area contributed by atoms with Crippen molar-refractivity contribution in [3.8, 4) is 11.5 Å². The fourth-order valence-corrected chi connectivity index (χ4v) is 5.92. The summed E-state index contributed by atoms with van der Waals surface area (Å²) in [6.07, 6.45) is 0.317. The molecule has 9 nitrogen and oxygen atoms in total. The molecule has 1 atom stereocenters. The van der Waals surface area contributed by atoms with E-state index < -0.39 is 28.5 Å². The van der Waals surface area contributed by atoms with Crippen LogP contribution in [0, 0.1) is 5.92 Å². The first-order valence-electron chi connectivity index (χ1n) is 13.6. The van der Waals surface area contributed by atoms with Gasteiger partial charge in [-0.05, 0) is 54.3 Å². The molecule has 42 heavy (non-hydrogen) atoms. The Morgan fingerprint density at radius 3 is 2.19 bits per heavy atom. The number of methoxy groups -OCH3 is 2. The van der Waals surface area contributed by atoms with Crippen molar-refractivity contribution in [2.24, 2.45) is 5.92 Å². The van der Waals surface area contributed by atoms with Gasteiger partial charge in [-0.15, -0.1) is 0 Å². The van der Waals surface area contributed by atoms with Gasteiger partial charge in [-0.2, -0.15) is 0 Å². The van der Waals surface area contributed by atoms with Crippen LogP contribution in [0.2, 0.25) is 5.02 Å². The fraction of sp³-hybridized carbons (Fsp3) is 0.355. The minimum absolute atomic E-state index is 0.00589. The summed E-state index contributed by atoms with van der Waals surface area (Å²) in [6, 6.07) is 18.6. The van der Waals surface area contributed by atoms with E-state index in [4.69, 9.17) is 21.1 Å². The lowest BCUT2D eigenvalue weighted by Gasteiger charge is -2.33. The van der Waals surface area contributed by atoms with Gasteiger partial charge in [-0.25, -0.2) is 8.42 Å². The van der Waals surface area contributed by atoms with Crippen molar-refractivity contribution in [1.29, 1.82) is 0 Å². The summed E-state index contributed by atoms with van der Waals surface area (Å²) in [7, 11) is -1.38. The molecule has 0 aliphatic rings. The van der Waals surface area contributed by atoms with Crippen molar-refractivity contribution in [1.82, 2.24) is 10.2 Å². The number of halogens is 1. The Bertz CT molecular complexity index is 1450. The summed E-state index contributed by atoms with van der Waals surface area (Å²) in [5.74, 6) is -0.0668. The molecule has 0 unspecified atom stereocenters. The van der Waals surface area contributed by atoms with Gasteiger partial charge in [0.1, 0.15) is 24.1 Å². The highest BCUT2D eigenvalue weighted by Crippen LogP contribution is 2.36. The van der Waals surface area contributed by atoms with E-state index in [0.29, 0.717) is 23.7 Å². The third-order valence-electron chi connectivity index (χ3n) is 6.60. The van der Waals surface area contributed by atoms with E-state index in [1.54, 1.807) is 54.6 Å². The van der Waals surface area contributed by atoms with Gasteiger partial charge in [-0.1, -0.05) is 62.7 Å². The number of nitrogens with one attached hydrogen (secondary N) is 1. The second-order valence-corrected chi connectivity index (χ2v) is 12.4. The lowest BCUT2D eigenvalue weighted by molar-refractivity contribution is -0.140. The van der Waals surface area contributed by atoms with Gasteiger partial charge in [0, 0.05) is 24.2 Å². The number of amides is 2. The number of carbonyl (C=O) groups excluding carboxylic acids is 2. The largest absolute Gasteiger partial charge is 0.497 e.